The van der Waals surface area contributed by atoms with E-state index in [1.165, 1.54) is 12.3 Å². The second kappa shape index (κ2) is 16.3. The maximum absolute atomic E-state index is 14.6. The van der Waals surface area contributed by atoms with Crippen molar-refractivity contribution in [2.75, 3.05) is 60.9 Å². The summed E-state index contributed by atoms with van der Waals surface area (Å²) in [7, 11) is -2.93. The summed E-state index contributed by atoms with van der Waals surface area (Å²) in [5.74, 6) is 0.506. The molecule has 0 saturated carbocycles. The van der Waals surface area contributed by atoms with Crippen molar-refractivity contribution < 1.29 is 31.6 Å². The number of alkyl halides is 3. The predicted octanol–water partition coefficient (Wildman–Crippen LogP) is 6.06. The predicted molar refractivity (Wildman–Crippen MR) is 196 cm³/mol. The van der Waals surface area contributed by atoms with Gasteiger partial charge in [0.1, 0.15) is 18.1 Å². The molecular formula is C34H49F3N8O4SSi. The van der Waals surface area contributed by atoms with Gasteiger partial charge >= 0.3 is 12.3 Å². The lowest BCUT2D eigenvalue weighted by molar-refractivity contribution is -0.137. The van der Waals surface area contributed by atoms with Crippen molar-refractivity contribution in [1.29, 1.82) is 5.26 Å². The fourth-order valence-corrected chi connectivity index (χ4v) is 7.31. The van der Waals surface area contributed by atoms with E-state index in [0.29, 0.717) is 42.3 Å². The summed E-state index contributed by atoms with van der Waals surface area (Å²) in [6, 6.07) is 5.08. The summed E-state index contributed by atoms with van der Waals surface area (Å²) in [6.45, 7) is 17.3. The quantitative estimate of drug-likeness (QED) is 0.0897. The first-order valence-electron chi connectivity index (χ1n) is 16.9. The molecule has 2 unspecified atom stereocenters. The number of aromatic nitrogens is 2. The van der Waals surface area contributed by atoms with E-state index in [0.717, 1.165) is 17.7 Å². The molecule has 1 fully saturated rings. The van der Waals surface area contributed by atoms with Crippen LogP contribution in [0.25, 0.3) is 0 Å². The third-order valence-corrected chi connectivity index (χ3v) is 11.0. The van der Waals surface area contributed by atoms with Crippen LogP contribution in [0.5, 0.6) is 0 Å². The number of benzene rings is 1. The molecular weight excluding hydrogens is 702 g/mol. The van der Waals surface area contributed by atoms with Crippen molar-refractivity contribution in [2.45, 2.75) is 95.4 Å². The molecule has 1 N–H and O–H groups in total. The van der Waals surface area contributed by atoms with Crippen molar-refractivity contribution >= 4 is 48.9 Å². The fraction of sp³-hybridized carbons (Fsp3) is 0.618. The Morgan fingerprint density at radius 2 is 1.90 bits per heavy atom. The first-order chi connectivity index (χ1) is 23.8. The number of nitriles is 1. The van der Waals surface area contributed by atoms with Crippen molar-refractivity contribution in [1.82, 2.24) is 14.9 Å². The van der Waals surface area contributed by atoms with E-state index in [1.807, 2.05) is 4.90 Å². The zero-order valence-electron chi connectivity index (χ0n) is 30.5. The maximum Gasteiger partial charge on any atom is 0.418 e. The molecule has 3 heterocycles. The summed E-state index contributed by atoms with van der Waals surface area (Å²) in [5, 5.41) is 12.8. The van der Waals surface area contributed by atoms with E-state index in [1.54, 1.807) is 30.6 Å². The molecule has 1 aromatic heterocycles. The van der Waals surface area contributed by atoms with Crippen LogP contribution in [-0.4, -0.2) is 97.4 Å². The number of hydrogen-bond acceptors (Lipinski definition) is 11. The normalized spacial score (nSPS) is 17.4. The number of rotatable bonds is 12. The molecule has 2 atom stereocenters. The average molecular weight is 751 g/mol. The second-order valence-corrected chi connectivity index (χ2v) is 21.8. The minimum absolute atomic E-state index is 0.00205. The molecule has 51 heavy (non-hydrogen) atoms. The summed E-state index contributed by atoms with van der Waals surface area (Å²) in [6.07, 6.45) is -3.38. The number of ether oxygens (including phenoxy) is 2. The van der Waals surface area contributed by atoms with Crippen LogP contribution in [0.4, 0.5) is 35.2 Å². The minimum atomic E-state index is -4.66. The first-order valence-corrected chi connectivity index (χ1v) is 22.2. The Kier molecular flexibility index (Phi) is 12.8. The van der Waals surface area contributed by atoms with Gasteiger partial charge in [-0.3, -0.25) is 9.20 Å². The largest absolute Gasteiger partial charge is 0.444 e. The standard InChI is InChI=1S/C34H49F3N8O4SSi/c1-33(2,3)49-32(46)45-16-15-44(20-23(45)11-13-38)30-24-12-14-43(21-28(24)41-31(42-30)50(5)47)29-25(19-39-4)27(10-9-26(29)34(35,36)37)40-22-48-17-18-51(6,7)8/h9-10,23,40H,4,11-12,14-22H2,1-3,5-8H3. The number of fused-ring (bicyclic) bond motifs is 1. The summed E-state index contributed by atoms with van der Waals surface area (Å²) >= 11 is 0. The van der Waals surface area contributed by atoms with Crippen LogP contribution in [0.2, 0.25) is 25.7 Å². The highest BCUT2D eigenvalue weighted by atomic mass is 32.2. The zero-order valence-corrected chi connectivity index (χ0v) is 32.3. The molecule has 0 radical (unpaired) electrons. The van der Waals surface area contributed by atoms with Crippen LogP contribution in [0.3, 0.4) is 0 Å². The van der Waals surface area contributed by atoms with Crippen molar-refractivity contribution in [3.05, 3.63) is 34.5 Å². The lowest BCUT2D eigenvalue weighted by Gasteiger charge is -2.42. The van der Waals surface area contributed by atoms with Gasteiger partial charge in [0.15, 0.2) is 0 Å². The highest BCUT2D eigenvalue weighted by Gasteiger charge is 2.39. The summed E-state index contributed by atoms with van der Waals surface area (Å²) < 4.78 is 68.0. The SMILES string of the molecule is C=NCc1c(NCOCC[Si](C)(C)C)ccc(C(F)(F)F)c1N1CCc2c(nc(S(C)=O)nc2N2CCN(C(=O)OC(C)(C)C)C(CC#N)C2)C1. The molecule has 2 aromatic rings. The van der Waals surface area contributed by atoms with Crippen LogP contribution in [-0.2, 0) is 46.0 Å². The number of nitrogens with one attached hydrogen (secondary N) is 1. The monoisotopic (exact) mass is 750 g/mol. The molecule has 4 rings (SSSR count). The molecule has 2 aliphatic heterocycles. The molecule has 1 saturated heterocycles. The van der Waals surface area contributed by atoms with E-state index >= 15 is 0 Å². The number of aliphatic imine (C=N–C) groups is 1. The number of carbonyl (C=O) groups excluding carboxylic acids is 1. The Hall–Kier alpha value is -3.75. The van der Waals surface area contributed by atoms with Crippen molar-refractivity contribution in [3.63, 3.8) is 0 Å². The van der Waals surface area contributed by atoms with Gasteiger partial charge in [0, 0.05) is 63.9 Å². The maximum atomic E-state index is 14.6. The van der Waals surface area contributed by atoms with E-state index < -0.39 is 48.3 Å². The summed E-state index contributed by atoms with van der Waals surface area (Å²) in [5.41, 5.74) is 0.448. The Morgan fingerprint density at radius 3 is 2.51 bits per heavy atom. The van der Waals surface area contributed by atoms with Gasteiger partial charge in [0.2, 0.25) is 5.16 Å². The van der Waals surface area contributed by atoms with Crippen molar-refractivity contribution in [3.8, 4) is 6.07 Å². The van der Waals surface area contributed by atoms with Crippen LogP contribution in [0.15, 0.2) is 22.3 Å². The van der Waals surface area contributed by atoms with Crippen LogP contribution < -0.4 is 15.1 Å². The number of nitrogens with zero attached hydrogens (tertiary/aromatic N) is 7. The topological polar surface area (TPSA) is 136 Å². The van der Waals surface area contributed by atoms with Gasteiger partial charge in [-0.25, -0.2) is 14.8 Å². The molecule has 2 aliphatic rings. The number of carbonyl (C=O) groups is 1. The molecule has 17 heteroatoms. The third kappa shape index (κ3) is 10.4. The first kappa shape index (κ1) is 40.0. The number of halogens is 3. The zero-order chi connectivity index (χ0) is 37.7. The smallest absolute Gasteiger partial charge is 0.418 e. The van der Waals surface area contributed by atoms with E-state index in [9.17, 15) is 27.4 Å². The number of piperazine rings is 1. The van der Waals surface area contributed by atoms with Gasteiger partial charge in [0.05, 0.1) is 59.4 Å². The highest BCUT2D eigenvalue weighted by molar-refractivity contribution is 7.84. The van der Waals surface area contributed by atoms with Gasteiger partial charge in [-0.2, -0.15) is 18.4 Å². The van der Waals surface area contributed by atoms with E-state index in [2.05, 4.69) is 52.7 Å². The number of hydrogen-bond donors (Lipinski definition) is 1. The van der Waals surface area contributed by atoms with Crippen LogP contribution in [0, 0.1) is 11.3 Å². The molecule has 280 valence electrons. The minimum Gasteiger partial charge on any atom is -0.444 e. The van der Waals surface area contributed by atoms with Gasteiger partial charge < -0.3 is 29.5 Å². The number of anilines is 3. The van der Waals surface area contributed by atoms with Crippen LogP contribution >= 0.6 is 0 Å². The van der Waals surface area contributed by atoms with E-state index in [-0.39, 0.29) is 56.7 Å². The van der Waals surface area contributed by atoms with E-state index in [4.69, 9.17) is 9.47 Å². The summed E-state index contributed by atoms with van der Waals surface area (Å²) in [4.78, 5) is 31.4. The molecule has 0 aliphatic carbocycles. The van der Waals surface area contributed by atoms with Gasteiger partial charge in [-0.1, -0.05) is 19.6 Å². The molecule has 1 amide bonds. The number of amides is 1. The Morgan fingerprint density at radius 1 is 1.18 bits per heavy atom. The Bertz CT molecular complexity index is 1660. The molecule has 1 aromatic carbocycles. The van der Waals surface area contributed by atoms with Gasteiger partial charge in [-0.15, -0.1) is 0 Å². The fourth-order valence-electron chi connectivity index (χ4n) is 6.10. The molecule has 12 nitrogen and oxygen atoms in total. The Balaban J connectivity index is 1.69. The Labute approximate surface area is 301 Å². The third-order valence-electron chi connectivity index (χ3n) is 8.55. The average Bonchev–Trinajstić information content (AvgIpc) is 3.02. The van der Waals surface area contributed by atoms with Gasteiger partial charge in [-0.05, 0) is 52.1 Å². The highest BCUT2D eigenvalue weighted by Crippen LogP contribution is 2.44. The lowest BCUT2D eigenvalue weighted by Crippen LogP contribution is -2.56. The van der Waals surface area contributed by atoms with Crippen LogP contribution in [0.1, 0.15) is 49.6 Å². The molecule has 0 spiro atoms. The lowest BCUT2D eigenvalue weighted by atomic mass is 9.98. The van der Waals surface area contributed by atoms with Gasteiger partial charge in [0.25, 0.3) is 0 Å². The van der Waals surface area contributed by atoms with Crippen molar-refractivity contribution in [2.24, 2.45) is 4.99 Å². The second-order valence-electron chi connectivity index (χ2n) is 14.9. The molecule has 0 bridgehead atoms.